The predicted octanol–water partition coefficient (Wildman–Crippen LogP) is 6.51. The van der Waals surface area contributed by atoms with E-state index in [4.69, 9.17) is 6.57 Å². The molecule has 7 heteroatoms. The minimum atomic E-state index is -4.80. The zero-order valence-corrected chi connectivity index (χ0v) is 17.2. The normalized spacial score (nSPS) is 11.3. The Morgan fingerprint density at radius 3 is 2.28 bits per heavy atom. The fourth-order valence-corrected chi connectivity index (χ4v) is 3.43. The molecule has 1 heterocycles. The van der Waals surface area contributed by atoms with Crippen LogP contribution in [-0.4, -0.2) is 4.57 Å². The van der Waals surface area contributed by atoms with Gasteiger partial charge in [0.1, 0.15) is 0 Å². The second-order valence-electron chi connectivity index (χ2n) is 6.73. The van der Waals surface area contributed by atoms with Crippen molar-refractivity contribution in [3.63, 3.8) is 0 Å². The summed E-state index contributed by atoms with van der Waals surface area (Å²) in [6.45, 7) is 11.0. The number of aryl methyl sites for hydroxylation is 2. The van der Waals surface area contributed by atoms with E-state index < -0.39 is 23.0 Å². The molecule has 0 fully saturated rings. The molecule has 2 aromatic carbocycles. The lowest BCUT2D eigenvalue weighted by molar-refractivity contribution is -0.136. The molecular weight excluding hydrogens is 445 g/mol. The van der Waals surface area contributed by atoms with Crippen LogP contribution in [0.5, 0.6) is 0 Å². The van der Waals surface area contributed by atoms with Gasteiger partial charge in [-0.2, -0.15) is 13.2 Å². The van der Waals surface area contributed by atoms with Gasteiger partial charge in [-0.1, -0.05) is 51.8 Å². The molecule has 148 valence electrons. The second kappa shape index (κ2) is 7.88. The summed E-state index contributed by atoms with van der Waals surface area (Å²) in [5, 5.41) is 0. The largest absolute Gasteiger partial charge is 0.407 e. The average Bonchev–Trinajstić information content (AvgIpc) is 2.64. The van der Waals surface area contributed by atoms with E-state index in [1.807, 2.05) is 32.0 Å². The Morgan fingerprint density at radius 1 is 1.07 bits per heavy atom. The molecule has 0 unspecified atom stereocenters. The monoisotopic (exact) mass is 460 g/mol. The predicted molar refractivity (Wildman–Crippen MR) is 110 cm³/mol. The summed E-state index contributed by atoms with van der Waals surface area (Å²) in [6, 6.07) is 13.2. The van der Waals surface area contributed by atoms with Crippen molar-refractivity contribution in [2.75, 3.05) is 0 Å². The zero-order chi connectivity index (χ0) is 21.3. The number of hydrogen-bond acceptors (Lipinski definition) is 1. The number of halogens is 4. The molecule has 0 radical (unpaired) electrons. The van der Waals surface area contributed by atoms with E-state index >= 15 is 0 Å². The quantitative estimate of drug-likeness (QED) is 0.409. The van der Waals surface area contributed by atoms with Gasteiger partial charge in [0.15, 0.2) is 0 Å². The van der Waals surface area contributed by atoms with E-state index in [2.05, 4.69) is 20.8 Å². The van der Waals surface area contributed by atoms with Gasteiger partial charge in [0.05, 0.1) is 18.7 Å². The molecule has 0 N–H and O–H groups in total. The SMILES string of the molecule is [C-]#[N+]c1c(C(F)(F)F)cc(-c2ccc(Br)cc2)n(Cc2ccc(C)cc2C)c1=O. The van der Waals surface area contributed by atoms with Gasteiger partial charge >= 0.3 is 6.18 Å². The fourth-order valence-electron chi connectivity index (χ4n) is 3.17. The number of hydrogen-bond donors (Lipinski definition) is 0. The van der Waals surface area contributed by atoms with Crippen molar-refractivity contribution in [3.8, 4) is 11.3 Å². The van der Waals surface area contributed by atoms with Crippen molar-refractivity contribution in [1.82, 2.24) is 4.57 Å². The lowest BCUT2D eigenvalue weighted by atomic mass is 10.0. The average molecular weight is 461 g/mol. The van der Waals surface area contributed by atoms with Crippen LogP contribution < -0.4 is 5.56 Å². The fraction of sp³-hybridized carbons (Fsp3) is 0.182. The molecule has 3 rings (SSSR count). The van der Waals surface area contributed by atoms with Crippen molar-refractivity contribution in [1.29, 1.82) is 0 Å². The summed E-state index contributed by atoms with van der Waals surface area (Å²) >= 11 is 3.30. The molecule has 0 aliphatic rings. The topological polar surface area (TPSA) is 26.4 Å². The molecule has 0 saturated heterocycles. The molecule has 0 aliphatic heterocycles. The Bertz CT molecular complexity index is 1170. The number of nitrogens with zero attached hydrogens (tertiary/aromatic N) is 2. The van der Waals surface area contributed by atoms with Gasteiger partial charge in [0.25, 0.3) is 11.2 Å². The van der Waals surface area contributed by atoms with Crippen LogP contribution in [0.2, 0.25) is 0 Å². The van der Waals surface area contributed by atoms with Gasteiger partial charge in [-0.15, -0.1) is 0 Å². The van der Waals surface area contributed by atoms with E-state index in [-0.39, 0.29) is 12.2 Å². The van der Waals surface area contributed by atoms with Crippen LogP contribution in [-0.2, 0) is 12.7 Å². The highest BCUT2D eigenvalue weighted by Gasteiger charge is 2.36. The van der Waals surface area contributed by atoms with Crippen LogP contribution in [0, 0.1) is 20.4 Å². The molecule has 1 aromatic heterocycles. The maximum absolute atomic E-state index is 13.5. The lowest BCUT2D eigenvalue weighted by Crippen LogP contribution is -2.25. The number of pyridine rings is 1. The first-order chi connectivity index (χ1) is 13.6. The Labute approximate surface area is 174 Å². The third-order valence-corrected chi connectivity index (χ3v) is 5.19. The van der Waals surface area contributed by atoms with Crippen LogP contribution in [0.1, 0.15) is 22.3 Å². The van der Waals surface area contributed by atoms with Gasteiger partial charge in [-0.3, -0.25) is 4.79 Å². The number of aromatic nitrogens is 1. The Kier molecular flexibility index (Phi) is 5.67. The maximum atomic E-state index is 13.5. The summed E-state index contributed by atoms with van der Waals surface area (Å²) < 4.78 is 42.6. The van der Waals surface area contributed by atoms with Crippen molar-refractivity contribution >= 4 is 21.6 Å². The second-order valence-corrected chi connectivity index (χ2v) is 7.65. The van der Waals surface area contributed by atoms with Crippen molar-refractivity contribution in [2.24, 2.45) is 0 Å². The van der Waals surface area contributed by atoms with Gasteiger partial charge in [-0.25, -0.2) is 4.85 Å². The minimum Gasteiger partial charge on any atom is -0.313 e. The van der Waals surface area contributed by atoms with E-state index in [1.54, 1.807) is 24.3 Å². The van der Waals surface area contributed by atoms with E-state index in [1.165, 1.54) is 4.57 Å². The Hall–Kier alpha value is -2.85. The molecule has 0 bridgehead atoms. The summed E-state index contributed by atoms with van der Waals surface area (Å²) in [7, 11) is 0. The highest BCUT2D eigenvalue weighted by Crippen LogP contribution is 2.37. The van der Waals surface area contributed by atoms with E-state index in [9.17, 15) is 18.0 Å². The minimum absolute atomic E-state index is 0.0665. The summed E-state index contributed by atoms with van der Waals surface area (Å²) in [5.41, 5.74) is 0.248. The van der Waals surface area contributed by atoms with Gasteiger partial charge < -0.3 is 4.57 Å². The summed E-state index contributed by atoms with van der Waals surface area (Å²) in [6.07, 6.45) is -4.80. The highest BCUT2D eigenvalue weighted by molar-refractivity contribution is 9.10. The number of alkyl halides is 3. The van der Waals surface area contributed by atoms with Crippen LogP contribution in [0.15, 0.2) is 57.8 Å². The lowest BCUT2D eigenvalue weighted by Gasteiger charge is -2.19. The molecular formula is C22H16BrF3N2O. The first-order valence-corrected chi connectivity index (χ1v) is 9.45. The molecule has 0 spiro atoms. The van der Waals surface area contributed by atoms with Crippen molar-refractivity contribution in [2.45, 2.75) is 26.6 Å². The zero-order valence-electron chi connectivity index (χ0n) is 15.6. The smallest absolute Gasteiger partial charge is 0.313 e. The van der Waals surface area contributed by atoms with Crippen LogP contribution in [0.4, 0.5) is 18.9 Å². The third kappa shape index (κ3) is 4.28. The standard InChI is InChI=1S/C22H16BrF3N2O/c1-13-4-5-16(14(2)10-13)12-28-19(15-6-8-17(23)9-7-15)11-18(22(24,25)26)20(27-3)21(28)29/h4-11H,12H2,1-2H3. The maximum Gasteiger partial charge on any atom is 0.407 e. The molecule has 3 nitrogen and oxygen atoms in total. The van der Waals surface area contributed by atoms with E-state index in [0.717, 1.165) is 27.2 Å². The van der Waals surface area contributed by atoms with Gasteiger partial charge in [0.2, 0.25) is 0 Å². The molecule has 0 aliphatic carbocycles. The van der Waals surface area contributed by atoms with Crippen LogP contribution in [0.25, 0.3) is 16.1 Å². The number of rotatable bonds is 3. The van der Waals surface area contributed by atoms with E-state index in [0.29, 0.717) is 5.56 Å². The van der Waals surface area contributed by atoms with Crippen molar-refractivity contribution in [3.05, 3.63) is 97.0 Å². The molecule has 0 atom stereocenters. The van der Waals surface area contributed by atoms with Crippen LogP contribution >= 0.6 is 15.9 Å². The van der Waals surface area contributed by atoms with Gasteiger partial charge in [-0.05, 0) is 48.7 Å². The molecule has 0 amide bonds. The highest BCUT2D eigenvalue weighted by atomic mass is 79.9. The van der Waals surface area contributed by atoms with Crippen LogP contribution in [0.3, 0.4) is 0 Å². The first-order valence-electron chi connectivity index (χ1n) is 8.66. The molecule has 29 heavy (non-hydrogen) atoms. The summed E-state index contributed by atoms with van der Waals surface area (Å²) in [4.78, 5) is 15.9. The van der Waals surface area contributed by atoms with Gasteiger partial charge in [0, 0.05) is 10.2 Å². The summed E-state index contributed by atoms with van der Waals surface area (Å²) in [5.74, 6) is 0. The molecule has 3 aromatic rings. The third-order valence-electron chi connectivity index (χ3n) is 4.66. The Balaban J connectivity index is 2.31. The Morgan fingerprint density at radius 2 is 1.72 bits per heavy atom. The molecule has 0 saturated carbocycles. The van der Waals surface area contributed by atoms with Crippen molar-refractivity contribution < 1.29 is 13.2 Å². The first kappa shape index (κ1) is 20.9. The number of benzene rings is 2.